The number of aliphatic hydroxyl groups is 1. The minimum absolute atomic E-state index is 0.0883. The highest BCUT2D eigenvalue weighted by atomic mass is 16.4. The SMILES string of the molecule is Cc1ccc(N2CCC(O)(C(=O)O)C2=O)cc1. The predicted octanol–water partition coefficient (Wildman–Crippen LogP) is 0.547. The second kappa shape index (κ2) is 3.85. The minimum atomic E-state index is -2.27. The van der Waals surface area contributed by atoms with E-state index in [1.165, 1.54) is 4.90 Å². The number of amides is 1. The van der Waals surface area contributed by atoms with Crippen LogP contribution in [0.25, 0.3) is 0 Å². The summed E-state index contributed by atoms with van der Waals surface area (Å²) < 4.78 is 0. The fraction of sp³-hybridized carbons (Fsp3) is 0.333. The van der Waals surface area contributed by atoms with Crippen LogP contribution >= 0.6 is 0 Å². The summed E-state index contributed by atoms with van der Waals surface area (Å²) in [6, 6.07) is 7.14. The quantitative estimate of drug-likeness (QED) is 0.734. The molecule has 1 aliphatic heterocycles. The Hall–Kier alpha value is -1.88. The number of nitrogens with zero attached hydrogens (tertiary/aromatic N) is 1. The summed E-state index contributed by atoms with van der Waals surface area (Å²) in [5, 5.41) is 18.6. The first kappa shape index (κ1) is 11.6. The van der Waals surface area contributed by atoms with E-state index < -0.39 is 17.5 Å². The van der Waals surface area contributed by atoms with Crippen molar-refractivity contribution >= 4 is 17.6 Å². The largest absolute Gasteiger partial charge is 0.479 e. The van der Waals surface area contributed by atoms with Crippen molar-refractivity contribution in [1.82, 2.24) is 0 Å². The molecule has 1 aromatic rings. The van der Waals surface area contributed by atoms with E-state index in [4.69, 9.17) is 5.11 Å². The molecule has 17 heavy (non-hydrogen) atoms. The first-order valence-electron chi connectivity index (χ1n) is 5.29. The number of aliphatic carboxylic acids is 1. The van der Waals surface area contributed by atoms with Crippen LogP contribution in [-0.2, 0) is 9.59 Å². The van der Waals surface area contributed by atoms with Crippen LogP contribution in [0.4, 0.5) is 5.69 Å². The summed E-state index contributed by atoms with van der Waals surface area (Å²) in [5.74, 6) is -2.26. The van der Waals surface area contributed by atoms with Gasteiger partial charge < -0.3 is 15.1 Å². The van der Waals surface area contributed by atoms with E-state index in [1.807, 2.05) is 19.1 Å². The first-order chi connectivity index (χ1) is 7.95. The lowest BCUT2D eigenvalue weighted by Crippen LogP contribution is -2.46. The van der Waals surface area contributed by atoms with Crippen molar-refractivity contribution in [2.75, 3.05) is 11.4 Å². The summed E-state index contributed by atoms with van der Waals surface area (Å²) in [4.78, 5) is 24.0. The second-order valence-electron chi connectivity index (χ2n) is 4.21. The van der Waals surface area contributed by atoms with Gasteiger partial charge in [-0.25, -0.2) is 4.79 Å². The van der Waals surface area contributed by atoms with Crippen molar-refractivity contribution in [2.24, 2.45) is 0 Å². The number of carbonyl (C=O) groups is 2. The number of rotatable bonds is 2. The molecular weight excluding hydrogens is 222 g/mol. The Morgan fingerprint density at radius 2 is 1.94 bits per heavy atom. The van der Waals surface area contributed by atoms with E-state index in [0.717, 1.165) is 5.56 Å². The number of carboxylic acid groups (broad SMARTS) is 1. The molecule has 1 aromatic carbocycles. The molecule has 0 aromatic heterocycles. The van der Waals surface area contributed by atoms with Crippen LogP contribution in [0.3, 0.4) is 0 Å². The lowest BCUT2D eigenvalue weighted by atomic mass is 10.0. The zero-order valence-electron chi connectivity index (χ0n) is 9.38. The van der Waals surface area contributed by atoms with Gasteiger partial charge in [0.05, 0.1) is 0 Å². The molecule has 1 aliphatic rings. The van der Waals surface area contributed by atoms with Crippen molar-refractivity contribution in [2.45, 2.75) is 18.9 Å². The summed E-state index contributed by atoms with van der Waals surface area (Å²) in [6.45, 7) is 2.13. The third kappa shape index (κ3) is 1.78. The highest BCUT2D eigenvalue weighted by molar-refractivity contribution is 6.14. The zero-order chi connectivity index (χ0) is 12.6. The number of hydrogen-bond donors (Lipinski definition) is 2. The highest BCUT2D eigenvalue weighted by Gasteiger charge is 2.52. The molecular formula is C12H13NO4. The smallest absolute Gasteiger partial charge is 0.345 e. The Morgan fingerprint density at radius 1 is 1.35 bits per heavy atom. The van der Waals surface area contributed by atoms with Gasteiger partial charge in [0.1, 0.15) is 0 Å². The summed E-state index contributed by atoms with van der Waals surface area (Å²) >= 11 is 0. The molecule has 0 radical (unpaired) electrons. The molecule has 0 saturated carbocycles. The average Bonchev–Trinajstić information content (AvgIpc) is 2.59. The van der Waals surface area contributed by atoms with E-state index in [-0.39, 0.29) is 13.0 Å². The number of benzene rings is 1. The Balaban J connectivity index is 2.29. The van der Waals surface area contributed by atoms with Gasteiger partial charge >= 0.3 is 5.97 Å². The molecule has 0 bridgehead atoms. The van der Waals surface area contributed by atoms with Gasteiger partial charge in [0.15, 0.2) is 0 Å². The van der Waals surface area contributed by atoms with Gasteiger partial charge in [-0.1, -0.05) is 17.7 Å². The molecule has 1 heterocycles. The third-order valence-electron chi connectivity index (χ3n) is 3.00. The molecule has 1 atom stereocenters. The molecule has 1 unspecified atom stereocenters. The lowest BCUT2D eigenvalue weighted by molar-refractivity contribution is -0.162. The van der Waals surface area contributed by atoms with Gasteiger partial charge in [-0.3, -0.25) is 4.79 Å². The average molecular weight is 235 g/mol. The molecule has 2 rings (SSSR count). The summed E-state index contributed by atoms with van der Waals surface area (Å²) in [6.07, 6.45) is -0.0883. The molecule has 5 nitrogen and oxygen atoms in total. The maximum atomic E-state index is 11.8. The Bertz CT molecular complexity index is 468. The van der Waals surface area contributed by atoms with E-state index in [1.54, 1.807) is 12.1 Å². The molecule has 0 spiro atoms. The zero-order valence-corrected chi connectivity index (χ0v) is 9.38. The molecule has 5 heteroatoms. The second-order valence-corrected chi connectivity index (χ2v) is 4.21. The third-order valence-corrected chi connectivity index (χ3v) is 3.00. The fourth-order valence-corrected chi connectivity index (χ4v) is 1.87. The predicted molar refractivity (Wildman–Crippen MR) is 60.7 cm³/mol. The van der Waals surface area contributed by atoms with E-state index in [9.17, 15) is 14.7 Å². The number of hydrogen-bond acceptors (Lipinski definition) is 3. The van der Waals surface area contributed by atoms with Gasteiger partial charge in [0, 0.05) is 18.7 Å². The number of anilines is 1. The fourth-order valence-electron chi connectivity index (χ4n) is 1.87. The monoisotopic (exact) mass is 235 g/mol. The van der Waals surface area contributed by atoms with Crippen LogP contribution in [0.2, 0.25) is 0 Å². The van der Waals surface area contributed by atoms with Crippen LogP contribution in [0.1, 0.15) is 12.0 Å². The van der Waals surface area contributed by atoms with Crippen LogP contribution < -0.4 is 4.90 Å². The van der Waals surface area contributed by atoms with Crippen molar-refractivity contribution in [3.8, 4) is 0 Å². The first-order valence-corrected chi connectivity index (χ1v) is 5.29. The molecule has 1 amide bonds. The van der Waals surface area contributed by atoms with Gasteiger partial charge in [-0.15, -0.1) is 0 Å². The number of carboxylic acids is 1. The Labute approximate surface area is 98.3 Å². The van der Waals surface area contributed by atoms with Crippen LogP contribution in [0.5, 0.6) is 0 Å². The standard InChI is InChI=1S/C12H13NO4/c1-8-2-4-9(5-3-8)13-7-6-12(17,10(13)14)11(15)16/h2-5,17H,6-7H2,1H3,(H,15,16). The van der Waals surface area contributed by atoms with E-state index in [2.05, 4.69) is 0 Å². The van der Waals surface area contributed by atoms with Crippen molar-refractivity contribution in [3.05, 3.63) is 29.8 Å². The van der Waals surface area contributed by atoms with Gasteiger partial charge in [0.25, 0.3) is 5.91 Å². The van der Waals surface area contributed by atoms with E-state index >= 15 is 0 Å². The lowest BCUT2D eigenvalue weighted by Gasteiger charge is -2.19. The normalized spacial score (nSPS) is 24.1. The Kier molecular flexibility index (Phi) is 2.63. The molecule has 1 saturated heterocycles. The van der Waals surface area contributed by atoms with Crippen molar-refractivity contribution in [1.29, 1.82) is 0 Å². The Morgan fingerprint density at radius 3 is 2.41 bits per heavy atom. The van der Waals surface area contributed by atoms with Gasteiger partial charge in [-0.2, -0.15) is 0 Å². The number of aryl methyl sites for hydroxylation is 1. The minimum Gasteiger partial charge on any atom is -0.479 e. The van der Waals surface area contributed by atoms with E-state index in [0.29, 0.717) is 5.69 Å². The topological polar surface area (TPSA) is 77.8 Å². The maximum absolute atomic E-state index is 11.8. The maximum Gasteiger partial charge on any atom is 0.345 e. The van der Waals surface area contributed by atoms with Crippen LogP contribution in [0, 0.1) is 6.92 Å². The summed E-state index contributed by atoms with van der Waals surface area (Å²) in [5.41, 5.74) is -0.614. The van der Waals surface area contributed by atoms with Crippen molar-refractivity contribution < 1.29 is 19.8 Å². The molecule has 90 valence electrons. The van der Waals surface area contributed by atoms with Crippen LogP contribution in [0.15, 0.2) is 24.3 Å². The molecule has 2 N–H and O–H groups in total. The summed E-state index contributed by atoms with van der Waals surface area (Å²) in [7, 11) is 0. The highest BCUT2D eigenvalue weighted by Crippen LogP contribution is 2.28. The van der Waals surface area contributed by atoms with Crippen LogP contribution in [-0.4, -0.2) is 34.2 Å². The van der Waals surface area contributed by atoms with Gasteiger partial charge in [0.2, 0.25) is 5.60 Å². The molecule has 1 fully saturated rings. The van der Waals surface area contributed by atoms with Crippen molar-refractivity contribution in [3.63, 3.8) is 0 Å². The van der Waals surface area contributed by atoms with Gasteiger partial charge in [-0.05, 0) is 19.1 Å². The number of carbonyl (C=O) groups excluding carboxylic acids is 1. The molecule has 0 aliphatic carbocycles.